The van der Waals surface area contributed by atoms with Crippen LogP contribution in [0.2, 0.25) is 0 Å². The molecule has 234 valence electrons. The van der Waals surface area contributed by atoms with Gasteiger partial charge in [0.2, 0.25) is 0 Å². The molecule has 1 saturated carbocycles. The summed E-state index contributed by atoms with van der Waals surface area (Å²) < 4.78 is 29.2. The molecule has 10 unspecified atom stereocenters. The summed E-state index contributed by atoms with van der Waals surface area (Å²) in [6.07, 6.45) is -3.13. The van der Waals surface area contributed by atoms with Gasteiger partial charge in [0.15, 0.2) is 11.7 Å². The van der Waals surface area contributed by atoms with Crippen molar-refractivity contribution >= 4 is 29.8 Å². The number of esters is 5. The summed E-state index contributed by atoms with van der Waals surface area (Å²) in [5.74, 6) is -5.85. The first-order chi connectivity index (χ1) is 19.5. The van der Waals surface area contributed by atoms with Crippen LogP contribution in [0.25, 0.3) is 0 Å². The molecule has 0 radical (unpaired) electrons. The fourth-order valence-corrected chi connectivity index (χ4v) is 6.69. The molecular weight excluding hydrogens is 548 g/mol. The van der Waals surface area contributed by atoms with Crippen LogP contribution >= 0.6 is 0 Å². The van der Waals surface area contributed by atoms with E-state index in [4.69, 9.17) is 23.7 Å². The Morgan fingerprint density at radius 2 is 1.64 bits per heavy atom. The minimum Gasteiger partial charge on any atom is -0.461 e. The van der Waals surface area contributed by atoms with Crippen LogP contribution in [0.4, 0.5) is 0 Å². The van der Waals surface area contributed by atoms with Crippen LogP contribution in [0.3, 0.4) is 0 Å². The summed E-state index contributed by atoms with van der Waals surface area (Å²) in [7, 11) is 0. The van der Waals surface area contributed by atoms with E-state index in [0.717, 1.165) is 5.57 Å². The van der Waals surface area contributed by atoms with Gasteiger partial charge >= 0.3 is 29.8 Å². The second-order valence-corrected chi connectivity index (χ2v) is 12.2. The molecule has 10 atom stereocenters. The molecule has 0 aromatic rings. The van der Waals surface area contributed by atoms with Crippen molar-refractivity contribution in [3.8, 4) is 0 Å². The molecule has 2 fully saturated rings. The minimum atomic E-state index is -2.07. The maximum absolute atomic E-state index is 13.3. The van der Waals surface area contributed by atoms with Crippen LogP contribution in [0.5, 0.6) is 0 Å². The molecule has 1 saturated heterocycles. The van der Waals surface area contributed by atoms with Gasteiger partial charge in [0.25, 0.3) is 0 Å². The number of carbonyl (C=O) groups is 5. The van der Waals surface area contributed by atoms with E-state index >= 15 is 0 Å². The molecule has 0 aromatic heterocycles. The van der Waals surface area contributed by atoms with Crippen LogP contribution in [-0.2, 0) is 47.7 Å². The molecule has 0 amide bonds. The molecular formula is C31H44O11. The first-order valence-electron chi connectivity index (χ1n) is 14.5. The lowest BCUT2D eigenvalue weighted by molar-refractivity contribution is -0.236. The third kappa shape index (κ3) is 6.11. The number of aliphatic hydroxyl groups is 1. The highest BCUT2D eigenvalue weighted by Crippen LogP contribution is 2.56. The SMILES string of the molecule is C=C1CC(OC(C)=O)C(OC(C)=O)C2(C)C(OC(=O)C(C)CC)CCC(C)=CC3OC(=O)C(C)C3(O)C(OC(C)=O)C12. The third-order valence-corrected chi connectivity index (χ3v) is 9.14. The maximum atomic E-state index is 13.3. The fourth-order valence-electron chi connectivity index (χ4n) is 6.69. The topological polar surface area (TPSA) is 152 Å². The molecule has 3 rings (SSSR count). The maximum Gasteiger partial charge on any atom is 0.312 e. The summed E-state index contributed by atoms with van der Waals surface area (Å²) in [6, 6.07) is 0. The number of rotatable bonds is 6. The van der Waals surface area contributed by atoms with Crippen LogP contribution in [0.1, 0.15) is 81.1 Å². The Hall–Kier alpha value is -3.21. The van der Waals surface area contributed by atoms with Gasteiger partial charge in [-0.25, -0.2) is 0 Å². The summed E-state index contributed by atoms with van der Waals surface area (Å²) in [4.78, 5) is 63.6. The van der Waals surface area contributed by atoms with Crippen molar-refractivity contribution in [3.05, 3.63) is 23.8 Å². The van der Waals surface area contributed by atoms with E-state index in [2.05, 4.69) is 6.58 Å². The van der Waals surface area contributed by atoms with E-state index in [1.165, 1.54) is 27.7 Å². The minimum absolute atomic E-state index is 0.0135. The molecule has 1 heterocycles. The number of fused-ring (bicyclic) bond motifs is 2. The predicted molar refractivity (Wildman–Crippen MR) is 148 cm³/mol. The monoisotopic (exact) mass is 592 g/mol. The zero-order chi connectivity index (χ0) is 31.7. The highest BCUT2D eigenvalue weighted by atomic mass is 16.6. The Labute approximate surface area is 246 Å². The Morgan fingerprint density at radius 1 is 1.07 bits per heavy atom. The standard InChI is InChI=1S/C31H44O11/c1-10-16(3)28(35)41-23-12-11-15(2)13-24-31(37,18(5)29(36)42-24)27(40-21(8)34)25-17(4)14-22(38-19(6)32)26(30(23,25)9)39-20(7)33/h13,16,18,22-27,37H,4,10-12,14H2,1-3,5-9H3. The summed E-state index contributed by atoms with van der Waals surface area (Å²) in [6.45, 7) is 16.4. The summed E-state index contributed by atoms with van der Waals surface area (Å²) in [5.41, 5.74) is -2.42. The summed E-state index contributed by atoms with van der Waals surface area (Å²) >= 11 is 0. The average Bonchev–Trinajstić information content (AvgIpc) is 3.10. The van der Waals surface area contributed by atoms with E-state index in [9.17, 15) is 29.1 Å². The van der Waals surface area contributed by atoms with Gasteiger partial charge in [0.1, 0.15) is 24.4 Å². The van der Waals surface area contributed by atoms with E-state index in [-0.39, 0.29) is 12.8 Å². The van der Waals surface area contributed by atoms with E-state index in [0.29, 0.717) is 18.4 Å². The Bertz CT molecular complexity index is 1160. The van der Waals surface area contributed by atoms with Gasteiger partial charge in [-0.05, 0) is 39.2 Å². The van der Waals surface area contributed by atoms with Crippen molar-refractivity contribution in [2.45, 2.75) is 117 Å². The van der Waals surface area contributed by atoms with Gasteiger partial charge in [-0.3, -0.25) is 24.0 Å². The van der Waals surface area contributed by atoms with Crippen molar-refractivity contribution in [2.75, 3.05) is 0 Å². The number of hydrogen-bond acceptors (Lipinski definition) is 11. The van der Waals surface area contributed by atoms with E-state index in [1.54, 1.807) is 26.8 Å². The van der Waals surface area contributed by atoms with Crippen molar-refractivity contribution in [1.82, 2.24) is 0 Å². The van der Waals surface area contributed by atoms with Crippen LogP contribution < -0.4 is 0 Å². The Balaban J connectivity index is 2.40. The van der Waals surface area contributed by atoms with Gasteiger partial charge in [-0.15, -0.1) is 0 Å². The smallest absolute Gasteiger partial charge is 0.312 e. The molecule has 42 heavy (non-hydrogen) atoms. The van der Waals surface area contributed by atoms with E-state index < -0.39 is 89.1 Å². The van der Waals surface area contributed by atoms with E-state index in [1.807, 2.05) is 6.92 Å². The first-order valence-corrected chi connectivity index (χ1v) is 14.5. The first kappa shape index (κ1) is 33.3. The molecule has 0 aromatic carbocycles. The molecule has 3 aliphatic rings. The Kier molecular flexibility index (Phi) is 9.96. The van der Waals surface area contributed by atoms with Crippen molar-refractivity contribution in [3.63, 3.8) is 0 Å². The lowest BCUT2D eigenvalue weighted by atomic mass is 9.54. The van der Waals surface area contributed by atoms with Gasteiger partial charge in [0, 0.05) is 33.1 Å². The van der Waals surface area contributed by atoms with Crippen molar-refractivity contribution in [1.29, 1.82) is 0 Å². The molecule has 1 aliphatic heterocycles. The molecule has 0 bridgehead atoms. The second kappa shape index (κ2) is 12.6. The summed E-state index contributed by atoms with van der Waals surface area (Å²) in [5, 5.41) is 12.4. The largest absolute Gasteiger partial charge is 0.461 e. The fraction of sp³-hybridized carbons (Fsp3) is 0.710. The highest BCUT2D eigenvalue weighted by molar-refractivity contribution is 5.78. The van der Waals surface area contributed by atoms with Gasteiger partial charge in [-0.2, -0.15) is 0 Å². The Morgan fingerprint density at radius 3 is 2.19 bits per heavy atom. The predicted octanol–water partition coefficient (Wildman–Crippen LogP) is 3.35. The lowest BCUT2D eigenvalue weighted by Gasteiger charge is -2.57. The number of allylic oxidation sites excluding steroid dienone is 1. The third-order valence-electron chi connectivity index (χ3n) is 9.14. The van der Waals surface area contributed by atoms with Gasteiger partial charge in [0.05, 0.1) is 17.3 Å². The quantitative estimate of drug-likeness (QED) is 0.275. The molecule has 11 nitrogen and oxygen atoms in total. The van der Waals surface area contributed by atoms with Crippen LogP contribution in [0.15, 0.2) is 23.8 Å². The number of hydrogen-bond donors (Lipinski definition) is 1. The van der Waals surface area contributed by atoms with Crippen LogP contribution in [0, 0.1) is 23.2 Å². The molecule has 1 N–H and O–H groups in total. The second-order valence-electron chi connectivity index (χ2n) is 12.2. The highest BCUT2D eigenvalue weighted by Gasteiger charge is 2.69. The lowest BCUT2D eigenvalue weighted by Crippen LogP contribution is -2.68. The molecule has 11 heteroatoms. The number of ether oxygens (including phenoxy) is 5. The molecule has 0 spiro atoms. The van der Waals surface area contributed by atoms with Crippen molar-refractivity contribution in [2.24, 2.45) is 23.2 Å². The zero-order valence-corrected chi connectivity index (χ0v) is 25.8. The average molecular weight is 593 g/mol. The zero-order valence-electron chi connectivity index (χ0n) is 25.8. The van der Waals surface area contributed by atoms with Crippen molar-refractivity contribution < 1.29 is 52.8 Å². The molecule has 2 aliphatic carbocycles. The normalized spacial score (nSPS) is 37.2. The van der Waals surface area contributed by atoms with Gasteiger partial charge in [-0.1, -0.05) is 38.5 Å². The number of carbonyl (C=O) groups excluding carboxylic acids is 5. The van der Waals surface area contributed by atoms with Crippen LogP contribution in [-0.4, -0.2) is 71.1 Å². The van der Waals surface area contributed by atoms with Gasteiger partial charge < -0.3 is 28.8 Å².